The quantitative estimate of drug-likeness (QED) is 0.0353. The summed E-state index contributed by atoms with van der Waals surface area (Å²) < 4.78 is 33.5. The molecule has 19 heteroatoms. The van der Waals surface area contributed by atoms with E-state index in [0.717, 1.165) is 29.4 Å². The standard InChI is InChI=1S/C37H51N9O10/c1-2-13-56-37(50)41-11-17-54-21-23-55-22-19-52-15-8-32(49)40-10-16-53-20-18-51-14-7-31(48)39-9-3-4-12-46-36-33(35(38)42-26-43-36)34(45-46)30-25-27-24-28(47)5-6-29(27)44-30/h1,5-6,24-26,44,47H,3-4,7-23H2,(H,39,48)(H,40,49)(H,41,50)(H2,38,42,43). The van der Waals surface area contributed by atoms with Crippen LogP contribution in [0.5, 0.6) is 5.75 Å². The number of carbonyl (C=O) groups is 3. The summed E-state index contributed by atoms with van der Waals surface area (Å²) in [7, 11) is 0. The van der Waals surface area contributed by atoms with E-state index in [1.54, 1.807) is 22.9 Å². The molecule has 0 spiro atoms. The highest BCUT2D eigenvalue weighted by Crippen LogP contribution is 2.32. The van der Waals surface area contributed by atoms with Gasteiger partial charge in [0.1, 0.15) is 23.6 Å². The van der Waals surface area contributed by atoms with Crippen LogP contribution >= 0.6 is 0 Å². The molecule has 0 bridgehead atoms. The van der Waals surface area contributed by atoms with Gasteiger partial charge in [0.25, 0.3) is 0 Å². The second kappa shape index (κ2) is 24.8. The number of nitrogens with zero attached hydrogens (tertiary/aromatic N) is 4. The monoisotopic (exact) mass is 781 g/mol. The summed E-state index contributed by atoms with van der Waals surface area (Å²) >= 11 is 0. The van der Waals surface area contributed by atoms with Crippen LogP contribution in [-0.4, -0.2) is 140 Å². The van der Waals surface area contributed by atoms with E-state index < -0.39 is 6.09 Å². The maximum absolute atomic E-state index is 12.2. The number of nitrogens with two attached hydrogens (primary N) is 1. The van der Waals surface area contributed by atoms with Gasteiger partial charge >= 0.3 is 6.09 Å². The molecule has 4 aromatic rings. The number of nitrogen functional groups attached to an aromatic ring is 1. The first-order valence-electron chi connectivity index (χ1n) is 18.4. The van der Waals surface area contributed by atoms with Gasteiger partial charge in [-0.1, -0.05) is 5.92 Å². The van der Waals surface area contributed by atoms with E-state index in [2.05, 4.69) is 41.6 Å². The fraction of sp³-hybridized carbons (Fsp3) is 0.514. The number of carbonyl (C=O) groups excluding carboxylic acids is 3. The summed E-state index contributed by atoms with van der Waals surface area (Å²) in [5.74, 6) is 2.46. The number of fused-ring (bicyclic) bond motifs is 2. The number of aromatic hydroxyl groups is 1. The topological polar surface area (TPSA) is 248 Å². The molecule has 4 rings (SSSR count). The number of anilines is 1. The normalized spacial score (nSPS) is 11.1. The minimum atomic E-state index is -0.589. The third-order valence-electron chi connectivity index (χ3n) is 7.97. The summed E-state index contributed by atoms with van der Waals surface area (Å²) in [5, 5.41) is 24.3. The number of aryl methyl sites for hydroxylation is 1. The van der Waals surface area contributed by atoms with Crippen molar-refractivity contribution in [1.29, 1.82) is 0 Å². The second-order valence-corrected chi connectivity index (χ2v) is 12.2. The number of H-pyrrole nitrogens is 1. The van der Waals surface area contributed by atoms with Crippen LogP contribution in [0.25, 0.3) is 33.3 Å². The van der Waals surface area contributed by atoms with E-state index in [1.807, 2.05) is 6.07 Å². The Balaban J connectivity index is 0.932. The van der Waals surface area contributed by atoms with Crippen molar-refractivity contribution in [3.05, 3.63) is 30.6 Å². The van der Waals surface area contributed by atoms with Gasteiger partial charge in [0.05, 0.1) is 77.1 Å². The van der Waals surface area contributed by atoms with Gasteiger partial charge in [-0.05, 0) is 37.1 Å². The summed E-state index contributed by atoms with van der Waals surface area (Å²) in [6.45, 7) is 4.98. The number of ether oxygens (including phenoxy) is 6. The van der Waals surface area contributed by atoms with Gasteiger partial charge in [0.15, 0.2) is 12.3 Å². The maximum atomic E-state index is 12.2. The number of hydrogen-bond acceptors (Lipinski definition) is 14. The largest absolute Gasteiger partial charge is 0.508 e. The minimum Gasteiger partial charge on any atom is -0.508 e. The molecule has 0 fully saturated rings. The van der Waals surface area contributed by atoms with Crippen molar-refractivity contribution >= 4 is 45.7 Å². The van der Waals surface area contributed by atoms with Crippen molar-refractivity contribution in [2.45, 2.75) is 32.2 Å². The summed E-state index contributed by atoms with van der Waals surface area (Å²) in [5.41, 5.74) is 9.07. The van der Waals surface area contributed by atoms with E-state index in [0.29, 0.717) is 102 Å². The Morgan fingerprint density at radius 3 is 2.11 bits per heavy atom. The molecule has 0 aliphatic carbocycles. The van der Waals surface area contributed by atoms with Crippen LogP contribution in [-0.2, 0) is 44.6 Å². The molecule has 0 aliphatic heterocycles. The molecular weight excluding hydrogens is 730 g/mol. The maximum Gasteiger partial charge on any atom is 0.408 e. The van der Waals surface area contributed by atoms with Crippen LogP contribution in [0.15, 0.2) is 30.6 Å². The second-order valence-electron chi connectivity index (χ2n) is 12.2. The number of alkyl carbamates (subject to hydrolysis) is 1. The number of phenols is 1. The van der Waals surface area contributed by atoms with Crippen molar-refractivity contribution in [1.82, 2.24) is 40.7 Å². The highest BCUT2D eigenvalue weighted by atomic mass is 16.6. The third kappa shape index (κ3) is 15.3. The van der Waals surface area contributed by atoms with Crippen molar-refractivity contribution < 1.29 is 47.9 Å². The molecule has 3 amide bonds. The first-order chi connectivity index (χ1) is 27.4. The average Bonchev–Trinajstić information content (AvgIpc) is 3.78. The fourth-order valence-corrected chi connectivity index (χ4v) is 5.25. The molecule has 0 unspecified atom stereocenters. The van der Waals surface area contributed by atoms with Gasteiger partial charge in [-0.25, -0.2) is 19.4 Å². The predicted octanol–water partition coefficient (Wildman–Crippen LogP) is 1.50. The van der Waals surface area contributed by atoms with E-state index in [1.165, 1.54) is 6.33 Å². The molecule has 0 saturated carbocycles. The molecule has 304 valence electrons. The number of aromatic nitrogens is 5. The van der Waals surface area contributed by atoms with Crippen LogP contribution in [0.2, 0.25) is 0 Å². The molecule has 1 aromatic carbocycles. The zero-order valence-corrected chi connectivity index (χ0v) is 31.4. The summed E-state index contributed by atoms with van der Waals surface area (Å²) in [4.78, 5) is 47.3. The Morgan fingerprint density at radius 1 is 0.804 bits per heavy atom. The van der Waals surface area contributed by atoms with E-state index in [-0.39, 0.29) is 50.2 Å². The highest BCUT2D eigenvalue weighted by Gasteiger charge is 2.18. The van der Waals surface area contributed by atoms with Gasteiger partial charge in [0.2, 0.25) is 11.8 Å². The zero-order valence-electron chi connectivity index (χ0n) is 31.4. The molecule has 7 N–H and O–H groups in total. The zero-order chi connectivity index (χ0) is 39.8. The van der Waals surface area contributed by atoms with Crippen molar-refractivity contribution in [3.8, 4) is 29.5 Å². The molecule has 19 nitrogen and oxygen atoms in total. The van der Waals surface area contributed by atoms with Gasteiger partial charge < -0.3 is 60.2 Å². The van der Waals surface area contributed by atoms with Crippen LogP contribution in [0, 0.1) is 12.3 Å². The molecular formula is C37H51N9O10. The van der Waals surface area contributed by atoms with Crippen LogP contribution in [0.4, 0.5) is 10.6 Å². The first-order valence-corrected chi connectivity index (χ1v) is 18.4. The van der Waals surface area contributed by atoms with Crippen LogP contribution in [0.3, 0.4) is 0 Å². The SMILES string of the molecule is C#CCOC(=O)NCCOCCOCCOCCC(=O)NCCOCCOCCC(=O)NCCCCn1nc(-c2cc3cc(O)ccc3[nH]2)c2c(N)ncnc21. The number of rotatable bonds is 28. The van der Waals surface area contributed by atoms with Crippen molar-refractivity contribution in [2.75, 3.05) is 98.0 Å². The highest BCUT2D eigenvalue weighted by molar-refractivity contribution is 6.00. The number of phenolic OH excluding ortho intramolecular Hbond substituents is 1. The van der Waals surface area contributed by atoms with Crippen LogP contribution < -0.4 is 21.7 Å². The summed E-state index contributed by atoms with van der Waals surface area (Å²) in [6, 6.07) is 6.99. The van der Waals surface area contributed by atoms with Crippen LogP contribution in [0.1, 0.15) is 25.7 Å². The van der Waals surface area contributed by atoms with E-state index >= 15 is 0 Å². The number of aromatic amines is 1. The predicted molar refractivity (Wildman–Crippen MR) is 205 cm³/mol. The number of terminal acetylenes is 1. The van der Waals surface area contributed by atoms with Gasteiger partial charge in [-0.3, -0.25) is 9.59 Å². The lowest BCUT2D eigenvalue weighted by atomic mass is 10.2. The summed E-state index contributed by atoms with van der Waals surface area (Å²) in [6.07, 6.45) is 7.75. The number of benzene rings is 1. The Kier molecular flexibility index (Phi) is 19.1. The lowest BCUT2D eigenvalue weighted by Gasteiger charge is -2.09. The molecule has 56 heavy (non-hydrogen) atoms. The Bertz CT molecular complexity index is 1860. The van der Waals surface area contributed by atoms with Gasteiger partial charge in [-0.15, -0.1) is 6.42 Å². The number of nitrogens with one attached hydrogen (secondary N) is 4. The van der Waals surface area contributed by atoms with Crippen molar-refractivity contribution in [3.63, 3.8) is 0 Å². The lowest BCUT2D eigenvalue weighted by Crippen LogP contribution is -2.28. The molecule has 0 radical (unpaired) electrons. The van der Waals surface area contributed by atoms with E-state index in [9.17, 15) is 19.5 Å². The molecule has 0 aliphatic rings. The molecule has 3 aromatic heterocycles. The van der Waals surface area contributed by atoms with Gasteiger partial charge in [-0.2, -0.15) is 5.10 Å². The molecule has 0 atom stereocenters. The fourth-order valence-electron chi connectivity index (χ4n) is 5.25. The van der Waals surface area contributed by atoms with Crippen molar-refractivity contribution in [2.24, 2.45) is 0 Å². The number of unbranched alkanes of at least 4 members (excludes halogenated alkanes) is 1. The van der Waals surface area contributed by atoms with E-state index in [4.69, 9.17) is 40.9 Å². The lowest BCUT2D eigenvalue weighted by molar-refractivity contribution is -0.123. The Labute approximate surface area is 324 Å². The number of amides is 3. The Morgan fingerprint density at radius 2 is 1.43 bits per heavy atom. The smallest absolute Gasteiger partial charge is 0.408 e. The third-order valence-corrected chi connectivity index (χ3v) is 7.97. The first kappa shape index (κ1) is 43.2. The van der Waals surface area contributed by atoms with Gasteiger partial charge in [0, 0.05) is 49.9 Å². The molecule has 0 saturated heterocycles. The molecule has 3 heterocycles. The Hall–Kier alpha value is -5.52. The minimum absolute atomic E-state index is 0.0790. The number of hydrogen-bond donors (Lipinski definition) is 6. The average molecular weight is 782 g/mol.